The van der Waals surface area contributed by atoms with Crippen molar-refractivity contribution in [1.29, 1.82) is 0 Å². The Morgan fingerprint density at radius 1 is 1.14 bits per heavy atom. The Balaban J connectivity index is 1.59. The Labute approximate surface area is 129 Å². The number of rotatable bonds is 6. The fraction of sp³-hybridized carbons (Fsp3) is 0.941. The molecule has 122 valence electrons. The molecule has 4 nitrogen and oxygen atoms in total. The van der Waals surface area contributed by atoms with Crippen LogP contribution in [0.4, 0.5) is 0 Å². The number of hydrogen-bond acceptors (Lipinski definition) is 3. The van der Waals surface area contributed by atoms with Gasteiger partial charge in [-0.3, -0.25) is 4.79 Å². The maximum Gasteiger partial charge on any atom is 0.224 e. The predicted molar refractivity (Wildman–Crippen MR) is 85.2 cm³/mol. The van der Waals surface area contributed by atoms with E-state index in [9.17, 15) is 4.79 Å². The molecule has 1 heterocycles. The molecule has 0 aromatic carbocycles. The van der Waals surface area contributed by atoms with E-state index < -0.39 is 0 Å². The molecule has 1 amide bonds. The van der Waals surface area contributed by atoms with Gasteiger partial charge in [-0.15, -0.1) is 0 Å². The number of nitrogens with one attached hydrogen (secondary N) is 1. The summed E-state index contributed by atoms with van der Waals surface area (Å²) in [5.41, 5.74) is 0. The van der Waals surface area contributed by atoms with Crippen LogP contribution in [0.25, 0.3) is 0 Å². The molecule has 21 heavy (non-hydrogen) atoms. The van der Waals surface area contributed by atoms with Gasteiger partial charge in [-0.2, -0.15) is 0 Å². The van der Waals surface area contributed by atoms with Crippen LogP contribution in [-0.4, -0.2) is 50.2 Å². The highest BCUT2D eigenvalue weighted by Gasteiger charge is 2.24. The van der Waals surface area contributed by atoms with Gasteiger partial charge in [-0.1, -0.05) is 19.8 Å². The second-order valence-corrected chi connectivity index (χ2v) is 6.93. The van der Waals surface area contributed by atoms with E-state index in [-0.39, 0.29) is 5.91 Å². The summed E-state index contributed by atoms with van der Waals surface area (Å²) in [5.74, 6) is 2.06. The van der Waals surface area contributed by atoms with Crippen LogP contribution in [0.1, 0.15) is 51.9 Å². The first kappa shape index (κ1) is 16.8. The lowest BCUT2D eigenvalue weighted by molar-refractivity contribution is -0.133. The summed E-state index contributed by atoms with van der Waals surface area (Å²) in [6, 6.07) is 0.607. The van der Waals surface area contributed by atoms with Gasteiger partial charge >= 0.3 is 0 Å². The first-order valence-electron chi connectivity index (χ1n) is 8.69. The molecule has 0 bridgehead atoms. The quantitative estimate of drug-likeness (QED) is 0.818. The molecule has 0 aromatic rings. The van der Waals surface area contributed by atoms with Crippen molar-refractivity contribution in [2.75, 3.05) is 33.4 Å². The van der Waals surface area contributed by atoms with E-state index in [0.29, 0.717) is 19.1 Å². The molecule has 1 N–H and O–H groups in total. The molecule has 1 aliphatic heterocycles. The zero-order valence-electron chi connectivity index (χ0n) is 13.8. The topological polar surface area (TPSA) is 41.6 Å². The smallest absolute Gasteiger partial charge is 0.224 e. The molecule has 0 atom stereocenters. The van der Waals surface area contributed by atoms with Crippen molar-refractivity contribution in [2.45, 2.75) is 57.9 Å². The molecule has 0 aromatic heterocycles. The second kappa shape index (κ2) is 8.74. The average Bonchev–Trinajstić information content (AvgIpc) is 2.52. The van der Waals surface area contributed by atoms with Crippen molar-refractivity contribution in [1.82, 2.24) is 10.2 Å². The first-order valence-corrected chi connectivity index (χ1v) is 8.69. The van der Waals surface area contributed by atoms with Gasteiger partial charge in [0.2, 0.25) is 5.91 Å². The highest BCUT2D eigenvalue weighted by molar-refractivity contribution is 5.76. The van der Waals surface area contributed by atoms with E-state index >= 15 is 0 Å². The standard InChI is InChI=1S/C17H32N2O2/c1-14-3-5-15(6-4-14)13-18-16-7-10-19(11-8-16)17(20)9-12-21-2/h14-16,18H,3-13H2,1-2H3. The van der Waals surface area contributed by atoms with E-state index in [0.717, 1.165) is 37.8 Å². The van der Waals surface area contributed by atoms with E-state index in [1.165, 1.54) is 32.2 Å². The number of piperidine rings is 1. The molecule has 4 heteroatoms. The average molecular weight is 296 g/mol. The number of amides is 1. The van der Waals surface area contributed by atoms with Gasteiger partial charge in [-0.05, 0) is 44.1 Å². The minimum absolute atomic E-state index is 0.247. The van der Waals surface area contributed by atoms with Crippen LogP contribution in [-0.2, 0) is 9.53 Å². The minimum Gasteiger partial charge on any atom is -0.384 e. The van der Waals surface area contributed by atoms with Crippen LogP contribution < -0.4 is 5.32 Å². The minimum atomic E-state index is 0.247. The van der Waals surface area contributed by atoms with E-state index in [1.807, 2.05) is 4.90 Å². The van der Waals surface area contributed by atoms with Crippen molar-refractivity contribution in [3.8, 4) is 0 Å². The Hall–Kier alpha value is -0.610. The van der Waals surface area contributed by atoms with E-state index in [1.54, 1.807) is 7.11 Å². The van der Waals surface area contributed by atoms with Gasteiger partial charge in [0.25, 0.3) is 0 Å². The summed E-state index contributed by atoms with van der Waals surface area (Å²) in [5, 5.41) is 3.75. The summed E-state index contributed by atoms with van der Waals surface area (Å²) in [6.45, 7) is 5.90. The normalized spacial score (nSPS) is 27.8. The van der Waals surface area contributed by atoms with Gasteiger partial charge in [0.15, 0.2) is 0 Å². The zero-order chi connectivity index (χ0) is 15.1. The third kappa shape index (κ3) is 5.59. The lowest BCUT2D eigenvalue weighted by Gasteiger charge is -2.34. The van der Waals surface area contributed by atoms with Crippen LogP contribution in [0.2, 0.25) is 0 Å². The van der Waals surface area contributed by atoms with Gasteiger partial charge < -0.3 is 15.0 Å². The lowest BCUT2D eigenvalue weighted by atomic mass is 9.83. The first-order chi connectivity index (χ1) is 10.2. The number of methoxy groups -OCH3 is 1. The maximum absolute atomic E-state index is 11.9. The monoisotopic (exact) mass is 296 g/mol. The molecule has 1 aliphatic carbocycles. The molecule has 2 fully saturated rings. The predicted octanol–water partition coefficient (Wildman–Crippen LogP) is 2.43. The summed E-state index contributed by atoms with van der Waals surface area (Å²) < 4.78 is 4.98. The number of nitrogens with zero attached hydrogens (tertiary/aromatic N) is 1. The SMILES string of the molecule is COCCC(=O)N1CCC(NCC2CCC(C)CC2)CC1. The third-order valence-corrected chi connectivity index (χ3v) is 5.20. The fourth-order valence-corrected chi connectivity index (χ4v) is 3.55. The van der Waals surface area contributed by atoms with Crippen LogP contribution in [0, 0.1) is 11.8 Å². The second-order valence-electron chi connectivity index (χ2n) is 6.93. The van der Waals surface area contributed by atoms with Crippen molar-refractivity contribution in [2.24, 2.45) is 11.8 Å². The molecule has 2 aliphatic rings. The van der Waals surface area contributed by atoms with Crippen molar-refractivity contribution >= 4 is 5.91 Å². The molecule has 0 spiro atoms. The van der Waals surface area contributed by atoms with Crippen LogP contribution >= 0.6 is 0 Å². The van der Waals surface area contributed by atoms with Crippen LogP contribution in [0.3, 0.4) is 0 Å². The summed E-state index contributed by atoms with van der Waals surface area (Å²) in [4.78, 5) is 13.9. The van der Waals surface area contributed by atoms with Crippen molar-refractivity contribution < 1.29 is 9.53 Å². The molecule has 0 unspecified atom stereocenters. The highest BCUT2D eigenvalue weighted by Crippen LogP contribution is 2.28. The number of carbonyl (C=O) groups is 1. The number of ether oxygens (including phenoxy) is 1. The number of hydrogen-bond donors (Lipinski definition) is 1. The lowest BCUT2D eigenvalue weighted by Crippen LogP contribution is -2.46. The highest BCUT2D eigenvalue weighted by atomic mass is 16.5. The van der Waals surface area contributed by atoms with Crippen molar-refractivity contribution in [3.05, 3.63) is 0 Å². The van der Waals surface area contributed by atoms with Gasteiger partial charge in [0, 0.05) is 26.2 Å². The summed E-state index contributed by atoms with van der Waals surface area (Å²) >= 11 is 0. The van der Waals surface area contributed by atoms with Gasteiger partial charge in [-0.25, -0.2) is 0 Å². The van der Waals surface area contributed by atoms with Crippen molar-refractivity contribution in [3.63, 3.8) is 0 Å². The Kier molecular flexibility index (Phi) is 6.97. The van der Waals surface area contributed by atoms with E-state index in [2.05, 4.69) is 12.2 Å². The van der Waals surface area contributed by atoms with Crippen LogP contribution in [0.5, 0.6) is 0 Å². The maximum atomic E-state index is 11.9. The number of likely N-dealkylation sites (tertiary alicyclic amines) is 1. The van der Waals surface area contributed by atoms with E-state index in [4.69, 9.17) is 4.74 Å². The fourth-order valence-electron chi connectivity index (χ4n) is 3.55. The van der Waals surface area contributed by atoms with Gasteiger partial charge in [0.05, 0.1) is 13.0 Å². The number of carbonyl (C=O) groups excluding carboxylic acids is 1. The molecule has 2 rings (SSSR count). The molecule has 1 saturated heterocycles. The molecular formula is C17H32N2O2. The zero-order valence-corrected chi connectivity index (χ0v) is 13.8. The summed E-state index contributed by atoms with van der Waals surface area (Å²) in [6.07, 6.45) is 8.31. The summed E-state index contributed by atoms with van der Waals surface area (Å²) in [7, 11) is 1.65. The Morgan fingerprint density at radius 3 is 2.43 bits per heavy atom. The third-order valence-electron chi connectivity index (χ3n) is 5.20. The molecule has 0 radical (unpaired) electrons. The van der Waals surface area contributed by atoms with Crippen LogP contribution in [0.15, 0.2) is 0 Å². The molecule has 1 saturated carbocycles. The Morgan fingerprint density at radius 2 is 1.81 bits per heavy atom. The molecular weight excluding hydrogens is 264 g/mol. The largest absolute Gasteiger partial charge is 0.384 e. The van der Waals surface area contributed by atoms with Gasteiger partial charge in [0.1, 0.15) is 0 Å². The Bertz CT molecular complexity index is 306.